The summed E-state index contributed by atoms with van der Waals surface area (Å²) in [6.45, 7) is 0.582. The summed E-state index contributed by atoms with van der Waals surface area (Å²) < 4.78 is 7.08. The Morgan fingerprint density at radius 2 is 1.72 bits per heavy atom. The molecule has 1 aromatic heterocycles. The minimum atomic E-state index is -0.302. The van der Waals surface area contributed by atoms with Crippen molar-refractivity contribution in [1.29, 1.82) is 0 Å². The van der Waals surface area contributed by atoms with Crippen molar-refractivity contribution in [1.82, 2.24) is 19.9 Å². The van der Waals surface area contributed by atoms with Gasteiger partial charge in [0.25, 0.3) is 5.91 Å². The number of benzene rings is 3. The third kappa shape index (κ3) is 2.93. The number of aromatic nitrogens is 3. The van der Waals surface area contributed by atoms with Gasteiger partial charge in [-0.3, -0.25) is 4.79 Å². The van der Waals surface area contributed by atoms with E-state index < -0.39 is 0 Å². The average molecular weight is 384 g/mol. The van der Waals surface area contributed by atoms with Crippen LogP contribution < -0.4 is 4.74 Å². The Labute approximate surface area is 168 Å². The van der Waals surface area contributed by atoms with E-state index >= 15 is 0 Å². The van der Waals surface area contributed by atoms with Crippen LogP contribution in [-0.2, 0) is 6.42 Å². The van der Waals surface area contributed by atoms with Gasteiger partial charge in [0.15, 0.2) is 6.17 Å². The summed E-state index contributed by atoms with van der Waals surface area (Å²) in [5, 5.41) is 8.69. The fraction of sp³-hybridized carbons (Fsp3) is 0.174. The Morgan fingerprint density at radius 1 is 0.966 bits per heavy atom. The number of ether oxygens (including phenoxy) is 1. The second-order valence-electron chi connectivity index (χ2n) is 7.08. The molecule has 4 aromatic rings. The van der Waals surface area contributed by atoms with Crippen LogP contribution >= 0.6 is 0 Å². The van der Waals surface area contributed by atoms with E-state index in [1.807, 2.05) is 82.4 Å². The van der Waals surface area contributed by atoms with Crippen molar-refractivity contribution in [2.24, 2.45) is 0 Å². The summed E-state index contributed by atoms with van der Waals surface area (Å²) in [5.74, 6) is 0.851. The molecule has 0 aliphatic carbocycles. The zero-order valence-electron chi connectivity index (χ0n) is 16.0. The van der Waals surface area contributed by atoms with Crippen LogP contribution in [-0.4, -0.2) is 39.5 Å². The molecule has 5 rings (SSSR count). The maximum Gasteiger partial charge on any atom is 0.256 e. The molecule has 1 atom stereocenters. The molecule has 1 unspecified atom stereocenters. The maximum atomic E-state index is 13.2. The first-order chi connectivity index (χ1) is 14.3. The minimum Gasteiger partial charge on any atom is -0.497 e. The molecule has 144 valence electrons. The Bertz CT molecular complexity index is 1180. The third-order valence-corrected chi connectivity index (χ3v) is 5.43. The molecule has 1 amide bonds. The summed E-state index contributed by atoms with van der Waals surface area (Å²) in [6, 6.07) is 23.5. The highest BCUT2D eigenvalue weighted by molar-refractivity contribution is 5.99. The van der Waals surface area contributed by atoms with Crippen molar-refractivity contribution in [2.75, 3.05) is 13.7 Å². The van der Waals surface area contributed by atoms with Crippen molar-refractivity contribution in [3.8, 4) is 5.75 Å². The molecule has 0 saturated carbocycles. The van der Waals surface area contributed by atoms with Crippen LogP contribution in [0.3, 0.4) is 0 Å². The topological polar surface area (TPSA) is 60.2 Å². The Balaban J connectivity index is 1.51. The van der Waals surface area contributed by atoms with Crippen molar-refractivity contribution in [2.45, 2.75) is 12.6 Å². The molecule has 0 bridgehead atoms. The largest absolute Gasteiger partial charge is 0.497 e. The van der Waals surface area contributed by atoms with E-state index in [1.165, 1.54) is 0 Å². The molecule has 0 spiro atoms. The van der Waals surface area contributed by atoms with Crippen LogP contribution in [0.15, 0.2) is 72.8 Å². The fourth-order valence-corrected chi connectivity index (χ4v) is 3.95. The van der Waals surface area contributed by atoms with Crippen molar-refractivity contribution >= 4 is 16.9 Å². The number of hydrogen-bond donors (Lipinski definition) is 0. The number of para-hydroxylation sites is 1. The first-order valence-electron chi connectivity index (χ1n) is 9.59. The van der Waals surface area contributed by atoms with Crippen LogP contribution in [0.4, 0.5) is 0 Å². The summed E-state index contributed by atoms with van der Waals surface area (Å²) in [4.78, 5) is 15.1. The highest BCUT2D eigenvalue weighted by atomic mass is 16.5. The quantitative estimate of drug-likeness (QED) is 0.527. The van der Waals surface area contributed by atoms with Crippen LogP contribution in [0.2, 0.25) is 0 Å². The Morgan fingerprint density at radius 3 is 2.55 bits per heavy atom. The molecule has 0 radical (unpaired) electrons. The molecule has 6 nitrogen and oxygen atoms in total. The van der Waals surface area contributed by atoms with Gasteiger partial charge < -0.3 is 9.64 Å². The predicted molar refractivity (Wildman–Crippen MR) is 110 cm³/mol. The molecule has 0 saturated heterocycles. The molecule has 1 aliphatic rings. The second-order valence-corrected chi connectivity index (χ2v) is 7.08. The van der Waals surface area contributed by atoms with Crippen LogP contribution in [0.25, 0.3) is 11.0 Å². The van der Waals surface area contributed by atoms with Gasteiger partial charge in [0.2, 0.25) is 0 Å². The van der Waals surface area contributed by atoms with Gasteiger partial charge in [-0.25, -0.2) is 4.68 Å². The lowest BCUT2D eigenvalue weighted by Crippen LogP contribution is -2.34. The predicted octanol–water partition coefficient (Wildman–Crippen LogP) is 3.69. The maximum absolute atomic E-state index is 13.2. The highest BCUT2D eigenvalue weighted by Gasteiger charge is 2.38. The van der Waals surface area contributed by atoms with Gasteiger partial charge in [0.1, 0.15) is 11.3 Å². The lowest BCUT2D eigenvalue weighted by Gasteiger charge is -2.25. The number of hydrogen-bond acceptors (Lipinski definition) is 4. The van der Waals surface area contributed by atoms with Crippen molar-refractivity contribution < 1.29 is 9.53 Å². The summed E-state index contributed by atoms with van der Waals surface area (Å²) in [6.07, 6.45) is 0.441. The number of carbonyl (C=O) groups is 1. The molecule has 6 heteroatoms. The molecule has 3 aromatic carbocycles. The number of fused-ring (bicyclic) bond motifs is 2. The first kappa shape index (κ1) is 17.4. The van der Waals surface area contributed by atoms with E-state index in [2.05, 4.69) is 10.3 Å². The Hall–Kier alpha value is -3.67. The van der Waals surface area contributed by atoms with Gasteiger partial charge in [0.05, 0.1) is 12.6 Å². The lowest BCUT2D eigenvalue weighted by atomic mass is 10.1. The molecular formula is C23H20N4O2. The molecule has 0 fully saturated rings. The van der Waals surface area contributed by atoms with Gasteiger partial charge in [-0.1, -0.05) is 47.7 Å². The molecular weight excluding hydrogens is 364 g/mol. The molecule has 1 aliphatic heterocycles. The SMILES string of the molecule is COc1ccc(CCN2C(=O)c3ccccc3C2n2nnc3ccccc32)cc1. The van der Waals surface area contributed by atoms with E-state index in [0.717, 1.165) is 39.9 Å². The fourth-order valence-electron chi connectivity index (χ4n) is 3.95. The average Bonchev–Trinajstić information content (AvgIpc) is 3.31. The zero-order valence-corrected chi connectivity index (χ0v) is 16.0. The van der Waals surface area contributed by atoms with Crippen molar-refractivity contribution in [3.05, 3.63) is 89.5 Å². The zero-order chi connectivity index (χ0) is 19.8. The summed E-state index contributed by atoms with van der Waals surface area (Å²) >= 11 is 0. The normalized spacial score (nSPS) is 15.7. The second kappa shape index (κ2) is 7.05. The van der Waals surface area contributed by atoms with Gasteiger partial charge in [-0.15, -0.1) is 5.10 Å². The van der Waals surface area contributed by atoms with E-state index in [-0.39, 0.29) is 12.1 Å². The van der Waals surface area contributed by atoms with Gasteiger partial charge in [-0.05, 0) is 42.3 Å². The monoisotopic (exact) mass is 384 g/mol. The van der Waals surface area contributed by atoms with Gasteiger partial charge in [-0.2, -0.15) is 0 Å². The lowest BCUT2D eigenvalue weighted by molar-refractivity contribution is 0.0693. The Kier molecular flexibility index (Phi) is 4.24. The minimum absolute atomic E-state index is 0.0266. The summed E-state index contributed by atoms with van der Waals surface area (Å²) in [5.41, 5.74) is 4.57. The highest BCUT2D eigenvalue weighted by Crippen LogP contribution is 2.35. The standard InChI is InChI=1S/C23H20N4O2/c1-29-17-12-10-16(11-13-17)14-15-26-22(18-6-2-3-7-19(18)23(26)28)27-21-9-5-4-8-20(21)24-25-27/h2-13,22H,14-15H2,1H3. The van der Waals surface area contributed by atoms with Crippen LogP contribution in [0.5, 0.6) is 5.75 Å². The first-order valence-corrected chi connectivity index (χ1v) is 9.59. The van der Waals surface area contributed by atoms with E-state index in [9.17, 15) is 4.79 Å². The van der Waals surface area contributed by atoms with Crippen LogP contribution in [0, 0.1) is 0 Å². The number of carbonyl (C=O) groups excluding carboxylic acids is 1. The van der Waals surface area contributed by atoms with E-state index in [1.54, 1.807) is 7.11 Å². The number of rotatable bonds is 5. The van der Waals surface area contributed by atoms with Crippen LogP contribution in [0.1, 0.15) is 27.7 Å². The molecule has 2 heterocycles. The van der Waals surface area contributed by atoms with E-state index in [4.69, 9.17) is 4.74 Å². The van der Waals surface area contributed by atoms with Crippen molar-refractivity contribution in [3.63, 3.8) is 0 Å². The third-order valence-electron chi connectivity index (χ3n) is 5.43. The summed E-state index contributed by atoms with van der Waals surface area (Å²) in [7, 11) is 1.65. The molecule has 29 heavy (non-hydrogen) atoms. The number of nitrogens with zero attached hydrogens (tertiary/aromatic N) is 4. The number of amides is 1. The number of methoxy groups -OCH3 is 1. The van der Waals surface area contributed by atoms with Gasteiger partial charge >= 0.3 is 0 Å². The smallest absolute Gasteiger partial charge is 0.256 e. The molecule has 0 N–H and O–H groups in total. The van der Waals surface area contributed by atoms with Gasteiger partial charge in [0, 0.05) is 17.7 Å². The van der Waals surface area contributed by atoms with E-state index in [0.29, 0.717) is 6.54 Å².